The van der Waals surface area contributed by atoms with Crippen molar-refractivity contribution in [2.75, 3.05) is 19.6 Å². The summed E-state index contributed by atoms with van der Waals surface area (Å²) in [6.07, 6.45) is 14.3. The van der Waals surface area contributed by atoms with E-state index in [0.717, 1.165) is 65.0 Å². The maximum atomic E-state index is 13.4. The quantitative estimate of drug-likeness (QED) is 0.0500. The Morgan fingerprint density at radius 3 is 2.03 bits per heavy atom. The van der Waals surface area contributed by atoms with Crippen LogP contribution in [0.4, 0.5) is 4.79 Å². The van der Waals surface area contributed by atoms with Crippen LogP contribution in [0.1, 0.15) is 144 Å². The molecule has 4 aromatic carbocycles. The molecule has 2 aliphatic rings. The molecule has 0 radical (unpaired) electrons. The van der Waals surface area contributed by atoms with E-state index in [0.29, 0.717) is 0 Å². The fraction of sp³-hybridized carbons (Fsp3) is 0.491. The fourth-order valence-electron chi connectivity index (χ4n) is 8.61. The summed E-state index contributed by atoms with van der Waals surface area (Å²) in [6, 6.07) is 32.4. The zero-order valence-electron chi connectivity index (χ0n) is 37.6. The van der Waals surface area contributed by atoms with Gasteiger partial charge in [-0.15, -0.1) is 0 Å². The number of carbonyl (C=O) groups is 3. The van der Waals surface area contributed by atoms with Crippen LogP contribution in [0.3, 0.4) is 0 Å². The molecule has 6 rings (SSSR count). The number of amides is 3. The molecular weight excluding hydrogens is 791 g/mol. The molecule has 2 aliphatic heterocycles. The molecule has 0 bridgehead atoms. The molecule has 0 spiro atoms. The molecule has 4 aromatic rings. The van der Waals surface area contributed by atoms with Gasteiger partial charge in [-0.25, -0.2) is 4.79 Å². The molecule has 10 heteroatoms. The summed E-state index contributed by atoms with van der Waals surface area (Å²) in [5, 5.41) is 12.3. The SMILES string of the molecule is CCCCCCCCN(CCCCCCCC)CC1CC(c2ccc(CO)cc2)OC(c2cccc(-c3cccc(CN4C(=O)CC(NC(=O)OCc5ccccc5)C4=O)c3)c2)O1. The molecule has 0 saturated carbocycles. The Kier molecular flexibility index (Phi) is 19.2. The lowest BCUT2D eigenvalue weighted by molar-refractivity contribution is -0.253. The van der Waals surface area contributed by atoms with E-state index in [-0.39, 0.29) is 44.3 Å². The predicted octanol–water partition coefficient (Wildman–Crippen LogP) is 11.0. The lowest BCUT2D eigenvalue weighted by Crippen LogP contribution is -2.41. The molecule has 3 amide bonds. The lowest BCUT2D eigenvalue weighted by atomic mass is 9.98. The van der Waals surface area contributed by atoms with Gasteiger partial charge in [-0.2, -0.15) is 0 Å². The monoisotopic (exact) mass is 860 g/mol. The number of aliphatic hydroxyl groups excluding tert-OH is 1. The van der Waals surface area contributed by atoms with Gasteiger partial charge >= 0.3 is 6.09 Å². The van der Waals surface area contributed by atoms with Gasteiger partial charge < -0.3 is 29.5 Å². The van der Waals surface area contributed by atoms with Crippen LogP contribution in [0.25, 0.3) is 11.1 Å². The topological polar surface area (TPSA) is 118 Å². The number of nitrogens with one attached hydrogen (secondary N) is 1. The third kappa shape index (κ3) is 14.9. The first-order valence-corrected chi connectivity index (χ1v) is 23.6. The number of alkyl carbamates (subject to hydrolysis) is 1. The summed E-state index contributed by atoms with van der Waals surface area (Å²) in [5.41, 5.74) is 6.35. The summed E-state index contributed by atoms with van der Waals surface area (Å²) >= 11 is 0. The normalized spacial score (nSPS) is 18.9. The second kappa shape index (κ2) is 25.4. The summed E-state index contributed by atoms with van der Waals surface area (Å²) in [6.45, 7) is 7.66. The molecule has 63 heavy (non-hydrogen) atoms. The highest BCUT2D eigenvalue weighted by atomic mass is 16.7. The number of unbranched alkanes of at least 4 members (excludes halogenated alkanes) is 10. The van der Waals surface area contributed by atoms with Crippen LogP contribution < -0.4 is 5.32 Å². The Balaban J connectivity index is 1.13. The van der Waals surface area contributed by atoms with Crippen LogP contribution in [0.5, 0.6) is 0 Å². The van der Waals surface area contributed by atoms with E-state index in [1.165, 1.54) is 81.9 Å². The summed E-state index contributed by atoms with van der Waals surface area (Å²) in [4.78, 5) is 42.8. The average Bonchev–Trinajstić information content (AvgIpc) is 3.57. The Bertz CT molecular complexity index is 1990. The van der Waals surface area contributed by atoms with E-state index in [2.05, 4.69) is 48.3 Å². The number of aliphatic hydroxyl groups is 1. The maximum absolute atomic E-state index is 13.4. The smallest absolute Gasteiger partial charge is 0.408 e. The van der Waals surface area contributed by atoms with Crippen LogP contribution in [-0.4, -0.2) is 64.6 Å². The summed E-state index contributed by atoms with van der Waals surface area (Å²) in [5.74, 6) is -0.803. The minimum Gasteiger partial charge on any atom is -0.445 e. The lowest BCUT2D eigenvalue weighted by Gasteiger charge is -2.38. The van der Waals surface area contributed by atoms with E-state index in [1.807, 2.05) is 78.9 Å². The van der Waals surface area contributed by atoms with E-state index in [4.69, 9.17) is 14.2 Å². The Morgan fingerprint density at radius 1 is 0.714 bits per heavy atom. The predicted molar refractivity (Wildman–Crippen MR) is 247 cm³/mol. The molecular formula is C53H69N3O7. The number of ether oxygens (including phenoxy) is 3. The van der Waals surface area contributed by atoms with E-state index < -0.39 is 24.3 Å². The first kappa shape index (κ1) is 47.6. The van der Waals surface area contributed by atoms with Crippen molar-refractivity contribution in [3.63, 3.8) is 0 Å². The molecule has 2 saturated heterocycles. The van der Waals surface area contributed by atoms with Gasteiger partial charge in [0.15, 0.2) is 6.29 Å². The minimum atomic E-state index is -0.977. The van der Waals surface area contributed by atoms with Crippen molar-refractivity contribution in [2.24, 2.45) is 0 Å². The molecule has 2 fully saturated rings. The van der Waals surface area contributed by atoms with Gasteiger partial charge in [0, 0.05) is 18.5 Å². The van der Waals surface area contributed by atoms with Crippen molar-refractivity contribution in [2.45, 2.75) is 148 Å². The second-order valence-electron chi connectivity index (χ2n) is 17.3. The zero-order chi connectivity index (χ0) is 44.2. The van der Waals surface area contributed by atoms with Crippen molar-refractivity contribution >= 4 is 17.9 Å². The number of carbonyl (C=O) groups excluding carboxylic acids is 3. The van der Waals surface area contributed by atoms with Gasteiger partial charge in [-0.3, -0.25) is 14.5 Å². The first-order chi connectivity index (χ1) is 30.8. The number of rotatable bonds is 25. The van der Waals surface area contributed by atoms with Crippen LogP contribution in [-0.2, 0) is 43.6 Å². The summed E-state index contributed by atoms with van der Waals surface area (Å²) in [7, 11) is 0. The minimum absolute atomic E-state index is 0.00557. The van der Waals surface area contributed by atoms with Gasteiger partial charge in [0.25, 0.3) is 5.91 Å². The van der Waals surface area contributed by atoms with Gasteiger partial charge in [0.2, 0.25) is 5.91 Å². The number of imide groups is 1. The van der Waals surface area contributed by atoms with Crippen molar-refractivity contribution < 1.29 is 33.7 Å². The molecule has 0 aromatic heterocycles. The third-order valence-electron chi connectivity index (χ3n) is 12.2. The first-order valence-electron chi connectivity index (χ1n) is 23.6. The van der Waals surface area contributed by atoms with Crippen molar-refractivity contribution in [1.29, 1.82) is 0 Å². The van der Waals surface area contributed by atoms with Crippen LogP contribution >= 0.6 is 0 Å². The average molecular weight is 860 g/mol. The fourth-order valence-corrected chi connectivity index (χ4v) is 8.61. The number of hydrogen-bond acceptors (Lipinski definition) is 8. The number of likely N-dealkylation sites (tertiary alicyclic amines) is 1. The van der Waals surface area contributed by atoms with Gasteiger partial charge in [-0.05, 0) is 71.4 Å². The summed E-state index contributed by atoms with van der Waals surface area (Å²) < 4.78 is 19.0. The number of nitrogens with zero attached hydrogens (tertiary/aromatic N) is 2. The molecule has 4 atom stereocenters. The highest BCUT2D eigenvalue weighted by molar-refractivity contribution is 6.06. The molecule has 2 N–H and O–H groups in total. The largest absolute Gasteiger partial charge is 0.445 e. The highest BCUT2D eigenvalue weighted by Crippen LogP contribution is 2.39. The van der Waals surface area contributed by atoms with E-state index in [1.54, 1.807) is 0 Å². The number of benzene rings is 4. The molecule has 0 aliphatic carbocycles. The van der Waals surface area contributed by atoms with Crippen molar-refractivity contribution in [3.05, 3.63) is 131 Å². The van der Waals surface area contributed by atoms with E-state index >= 15 is 0 Å². The third-order valence-corrected chi connectivity index (χ3v) is 12.2. The maximum Gasteiger partial charge on any atom is 0.408 e. The Hall–Kier alpha value is -4.87. The standard InChI is InChI=1S/C53H69N3O7/c1-3-5-7-9-11-16-30-55(31-17-12-10-8-6-4-2)37-47-34-49(43-28-26-40(38-57)27-29-43)63-52(62-47)46-25-19-24-45(33-46)44-23-18-22-42(32-44)36-56-50(58)35-48(51(56)59)54-53(60)61-39-41-20-14-13-15-21-41/h13-15,18-29,32-33,47-49,52,57H,3-12,16-17,30-31,34-39H2,1-2H3,(H,54,60). The van der Waals surface area contributed by atoms with Crippen LogP contribution in [0.15, 0.2) is 103 Å². The van der Waals surface area contributed by atoms with Crippen LogP contribution in [0, 0.1) is 0 Å². The Morgan fingerprint density at radius 2 is 1.35 bits per heavy atom. The molecule has 10 nitrogen and oxygen atoms in total. The highest BCUT2D eigenvalue weighted by Gasteiger charge is 2.40. The van der Waals surface area contributed by atoms with Crippen LogP contribution in [0.2, 0.25) is 0 Å². The van der Waals surface area contributed by atoms with Gasteiger partial charge in [0.1, 0.15) is 12.6 Å². The van der Waals surface area contributed by atoms with E-state index in [9.17, 15) is 19.5 Å². The van der Waals surface area contributed by atoms with Gasteiger partial charge in [-0.1, -0.05) is 169 Å². The molecule has 2 heterocycles. The van der Waals surface area contributed by atoms with Crippen molar-refractivity contribution in [1.82, 2.24) is 15.1 Å². The van der Waals surface area contributed by atoms with Crippen molar-refractivity contribution in [3.8, 4) is 11.1 Å². The van der Waals surface area contributed by atoms with Gasteiger partial charge in [0.05, 0.1) is 31.8 Å². The number of hydrogen-bond donors (Lipinski definition) is 2. The Labute approximate surface area is 375 Å². The zero-order valence-corrected chi connectivity index (χ0v) is 37.6. The second-order valence-corrected chi connectivity index (χ2v) is 17.3. The molecule has 4 unspecified atom stereocenters. The molecule has 338 valence electrons.